The molecule has 1 atom stereocenters. The lowest BCUT2D eigenvalue weighted by molar-refractivity contribution is 0.487. The second kappa shape index (κ2) is 12.8. The fourth-order valence-electron chi connectivity index (χ4n) is 9.87. The molecule has 9 aromatic carbocycles. The highest BCUT2D eigenvalue weighted by Crippen LogP contribution is 2.37. The quantitative estimate of drug-likeness (QED) is 0.160. The van der Waals surface area contributed by atoms with Gasteiger partial charge in [0.15, 0.2) is 8.07 Å². The molecule has 0 spiro atoms. The second-order valence-corrected chi connectivity index (χ2v) is 18.9. The van der Waals surface area contributed by atoms with Gasteiger partial charge in [0.25, 0.3) is 0 Å². The summed E-state index contributed by atoms with van der Waals surface area (Å²) >= 11 is 0. The summed E-state index contributed by atoms with van der Waals surface area (Å²) in [5.41, 5.74) is 9.45. The zero-order valence-electron chi connectivity index (χ0n) is 31.6. The van der Waals surface area contributed by atoms with Crippen LogP contribution < -0.4 is 25.5 Å². The third-order valence-electron chi connectivity index (χ3n) is 12.3. The molecular weight excluding hydrogens is 721 g/mol. The lowest BCUT2D eigenvalue weighted by Gasteiger charge is -2.40. The number of nitrogens with zero attached hydrogens (tertiary/aromatic N) is 2. The van der Waals surface area contributed by atoms with Crippen LogP contribution in [0, 0.1) is 0 Å². The Morgan fingerprint density at radius 3 is 1.38 bits per heavy atom. The zero-order valence-corrected chi connectivity index (χ0v) is 32.6. The number of hydrogen-bond acceptors (Lipinski definition) is 1. The molecule has 272 valence electrons. The molecule has 3 heterocycles. The van der Waals surface area contributed by atoms with Crippen molar-refractivity contribution in [3.63, 3.8) is 0 Å². The minimum Gasteiger partial charge on any atom is -0.457 e. The predicted molar refractivity (Wildman–Crippen MR) is 244 cm³/mol. The summed E-state index contributed by atoms with van der Waals surface area (Å²) in [6.07, 6.45) is 0. The van der Waals surface area contributed by atoms with E-state index in [0.717, 1.165) is 22.9 Å². The van der Waals surface area contributed by atoms with Crippen molar-refractivity contribution in [1.29, 1.82) is 0 Å². The molecule has 1 aliphatic heterocycles. The van der Waals surface area contributed by atoms with Crippen molar-refractivity contribution < 1.29 is 4.74 Å². The molecule has 0 saturated carbocycles. The summed E-state index contributed by atoms with van der Waals surface area (Å²) in [4.78, 5) is 0. The zero-order chi connectivity index (χ0) is 38.2. The molecule has 11 aromatic rings. The smallest absolute Gasteiger partial charge is 0.188 e. The van der Waals surface area contributed by atoms with Crippen molar-refractivity contribution in [3.8, 4) is 34.0 Å². The predicted octanol–water partition coefficient (Wildman–Crippen LogP) is 11.0. The van der Waals surface area contributed by atoms with Crippen molar-refractivity contribution in [2.24, 2.45) is 0 Å². The van der Waals surface area contributed by atoms with Gasteiger partial charge in [-0.25, -0.2) is 0 Å². The summed E-state index contributed by atoms with van der Waals surface area (Å²) in [6.45, 7) is 0. The normalized spacial score (nSPS) is 14.8. The van der Waals surface area contributed by atoms with Gasteiger partial charge in [-0.15, -0.1) is 0 Å². The van der Waals surface area contributed by atoms with Crippen LogP contribution in [0.2, 0.25) is 0 Å². The molecule has 1 aliphatic rings. The van der Waals surface area contributed by atoms with Crippen LogP contribution >= 0.6 is 0 Å². The van der Waals surface area contributed by atoms with Crippen LogP contribution in [-0.4, -0.2) is 17.2 Å². The van der Waals surface area contributed by atoms with E-state index in [2.05, 4.69) is 228 Å². The molecule has 2 aromatic heterocycles. The minimum atomic E-state index is -3.08. The molecule has 12 rings (SSSR count). The Kier molecular flexibility index (Phi) is 7.25. The van der Waals surface area contributed by atoms with E-state index in [9.17, 15) is 0 Å². The number of ether oxygens (including phenoxy) is 1. The van der Waals surface area contributed by atoms with Crippen molar-refractivity contribution in [1.82, 2.24) is 9.13 Å². The van der Waals surface area contributed by atoms with E-state index in [0.29, 0.717) is 0 Å². The average Bonchev–Trinajstić information content (AvgIpc) is 3.82. The van der Waals surface area contributed by atoms with E-state index < -0.39 is 8.07 Å². The molecule has 0 N–H and O–H groups in total. The summed E-state index contributed by atoms with van der Waals surface area (Å²) in [7, 11) is -3.08. The first-order valence-electron chi connectivity index (χ1n) is 19.9. The highest BCUT2D eigenvalue weighted by molar-refractivity contribution is 7.21. The van der Waals surface area contributed by atoms with E-state index in [1.807, 2.05) is 0 Å². The number of hydrogen-bond donors (Lipinski definition) is 0. The number of rotatable bonds is 5. The van der Waals surface area contributed by atoms with Crippen LogP contribution in [0.5, 0.6) is 11.5 Å². The van der Waals surface area contributed by atoms with Gasteiger partial charge in [-0.05, 0) is 80.4 Å². The van der Waals surface area contributed by atoms with Crippen LogP contribution in [0.3, 0.4) is 0 Å². The van der Waals surface area contributed by atoms with Crippen molar-refractivity contribution in [2.75, 3.05) is 0 Å². The van der Waals surface area contributed by atoms with Gasteiger partial charge in [-0.1, -0.05) is 164 Å². The molecule has 0 bridgehead atoms. The highest BCUT2D eigenvalue weighted by Gasteiger charge is 2.49. The Bertz CT molecular complexity index is 3270. The Balaban J connectivity index is 1.15. The second-order valence-electron chi connectivity index (χ2n) is 15.2. The van der Waals surface area contributed by atoms with Gasteiger partial charge >= 0.3 is 0 Å². The van der Waals surface area contributed by atoms with Crippen molar-refractivity contribution in [3.05, 3.63) is 218 Å². The maximum Gasteiger partial charge on any atom is 0.188 e. The lowest BCUT2D eigenvalue weighted by Crippen LogP contribution is -2.76. The monoisotopic (exact) mass is 756 g/mol. The fourth-order valence-corrected chi connectivity index (χ4v) is 15.0. The first kappa shape index (κ1) is 32.8. The van der Waals surface area contributed by atoms with Crippen LogP contribution in [0.1, 0.15) is 0 Å². The van der Waals surface area contributed by atoms with Crippen LogP contribution in [-0.2, 0) is 0 Å². The summed E-state index contributed by atoms with van der Waals surface area (Å²) in [6, 6.07) is 80.0. The molecule has 0 fully saturated rings. The first-order chi connectivity index (χ1) is 28.8. The van der Waals surface area contributed by atoms with Crippen LogP contribution in [0.25, 0.3) is 66.1 Å². The molecule has 3 nitrogen and oxygen atoms in total. The van der Waals surface area contributed by atoms with Gasteiger partial charge < -0.3 is 13.9 Å². The maximum atomic E-state index is 7.08. The van der Waals surface area contributed by atoms with Gasteiger partial charge in [-0.2, -0.15) is 0 Å². The van der Waals surface area contributed by atoms with Gasteiger partial charge in [-0.3, -0.25) is 0 Å². The average molecular weight is 757 g/mol. The molecule has 4 heteroatoms. The first-order valence-corrected chi connectivity index (χ1v) is 21.9. The Labute approximate surface area is 337 Å². The van der Waals surface area contributed by atoms with Crippen LogP contribution in [0.4, 0.5) is 0 Å². The minimum absolute atomic E-state index is 0.902. The molecule has 58 heavy (non-hydrogen) atoms. The van der Waals surface area contributed by atoms with Gasteiger partial charge in [0.2, 0.25) is 0 Å². The Hall–Kier alpha value is -7.40. The topological polar surface area (TPSA) is 19.1 Å². The SMILES string of the molecule is c1ccc(-c2ccccc2[Si]2(c3ccc(-n4c5ccccc5c5ccccc54)cc3)c3ccccc3Oc3cc(-n4c5ccccc5c5ccccc54)ccc32)cc1. The fraction of sp³-hybridized carbons (Fsp3) is 0. The number of benzene rings is 9. The molecular formula is C54H36N2OSi. The number of aromatic nitrogens is 2. The van der Waals surface area contributed by atoms with Crippen molar-refractivity contribution in [2.45, 2.75) is 0 Å². The van der Waals surface area contributed by atoms with E-state index in [4.69, 9.17) is 4.74 Å². The van der Waals surface area contributed by atoms with Crippen LogP contribution in [0.15, 0.2) is 218 Å². The largest absolute Gasteiger partial charge is 0.457 e. The Morgan fingerprint density at radius 1 is 0.328 bits per heavy atom. The lowest BCUT2D eigenvalue weighted by atomic mass is 10.1. The third-order valence-corrected chi connectivity index (χ3v) is 17.2. The Morgan fingerprint density at radius 2 is 0.776 bits per heavy atom. The summed E-state index contributed by atoms with van der Waals surface area (Å²) in [5.74, 6) is 1.81. The standard InChI is InChI=1S/C54H36N2OSi/c1-2-16-37(17-3-1)41-18-8-14-28-52(41)58(40-33-30-38(31-34-40)55-46-23-9-4-19-42(46)43-20-5-10-24-47(43)55)53-29-15-13-27-50(53)57-51-36-39(32-35-54(51)58)56-48-25-11-6-21-44(48)45-22-7-12-26-49(45)56/h1-36H. The van der Waals surface area contributed by atoms with E-state index in [-0.39, 0.29) is 0 Å². The number of para-hydroxylation sites is 5. The van der Waals surface area contributed by atoms with E-state index in [1.54, 1.807) is 0 Å². The summed E-state index contributed by atoms with van der Waals surface area (Å²) < 4.78 is 11.9. The maximum absolute atomic E-state index is 7.08. The van der Waals surface area contributed by atoms with Gasteiger partial charge in [0.05, 0.1) is 22.1 Å². The van der Waals surface area contributed by atoms with E-state index in [1.165, 1.54) is 75.5 Å². The van der Waals surface area contributed by atoms with E-state index >= 15 is 0 Å². The molecule has 0 amide bonds. The van der Waals surface area contributed by atoms with Crippen molar-refractivity contribution >= 4 is 72.4 Å². The molecule has 1 unspecified atom stereocenters. The van der Waals surface area contributed by atoms with Gasteiger partial charge in [0.1, 0.15) is 11.5 Å². The van der Waals surface area contributed by atoms with Gasteiger partial charge in [0, 0.05) is 39.0 Å². The highest BCUT2D eigenvalue weighted by atomic mass is 28.3. The summed E-state index contributed by atoms with van der Waals surface area (Å²) in [5, 5.41) is 10.1. The molecule has 0 saturated heterocycles. The number of fused-ring (bicyclic) bond motifs is 8. The molecule has 0 aliphatic carbocycles. The molecule has 0 radical (unpaired) electrons. The third kappa shape index (κ3) is 4.67.